The number of hydrogen-bond donors (Lipinski definition) is 0. The van der Waals surface area contributed by atoms with Gasteiger partial charge in [-0.05, 0) is 77.0 Å². The Kier molecular flexibility index (Phi) is 41.3. The van der Waals surface area contributed by atoms with Gasteiger partial charge in [0.1, 0.15) is 0 Å². The second-order valence-corrected chi connectivity index (χ2v) is 14.7. The number of nitrogens with zero attached hydrogens (tertiary/aromatic N) is 2. The van der Waals surface area contributed by atoms with Crippen molar-refractivity contribution in [2.24, 2.45) is 0 Å². The lowest BCUT2D eigenvalue weighted by Gasteiger charge is -2.39. The van der Waals surface area contributed by atoms with Crippen LogP contribution in [-0.2, 0) is 9.59 Å². The minimum atomic E-state index is -0.998. The molecule has 0 rings (SSSR count). The molecule has 0 bridgehead atoms. The first-order valence-corrected chi connectivity index (χ1v) is 21.2. The monoisotopic (exact) mass is 685 g/mol. The maximum Gasteiger partial charge on any atom is 0.0786 e. The number of carbonyl (C=O) groups excluding carboxylic acids is 2. The van der Waals surface area contributed by atoms with Crippen molar-refractivity contribution in [2.75, 3.05) is 52.4 Å². The zero-order valence-electron chi connectivity index (χ0n) is 34.2. The standard InChI is InChI=1S/2C16H36N.C10H18O4/c2*1-5-9-13-17(14-10-6-2,15-11-7-3)16-12-8-4;11-9(12)7-5-3-1-2-4-6-8-10(13)14/h2*5-16H2,1-4H3;1-8H2,(H,11,12)(H,13,14)/q2*+1;/p-2. The molecule has 290 valence electrons. The number of hydrogen-bond acceptors (Lipinski definition) is 4. The summed E-state index contributed by atoms with van der Waals surface area (Å²) in [5.41, 5.74) is 0. The van der Waals surface area contributed by atoms with Crippen molar-refractivity contribution in [2.45, 2.75) is 209 Å². The summed E-state index contributed by atoms with van der Waals surface area (Å²) in [7, 11) is 0. The predicted molar refractivity (Wildman–Crippen MR) is 206 cm³/mol. The largest absolute Gasteiger partial charge is 0.550 e. The third-order valence-corrected chi connectivity index (χ3v) is 9.90. The van der Waals surface area contributed by atoms with Crippen LogP contribution in [0.5, 0.6) is 0 Å². The minimum absolute atomic E-state index is 0.124. The van der Waals surface area contributed by atoms with Crippen LogP contribution in [-0.4, -0.2) is 73.3 Å². The summed E-state index contributed by atoms with van der Waals surface area (Å²) in [4.78, 5) is 20.1. The van der Waals surface area contributed by atoms with Gasteiger partial charge < -0.3 is 28.8 Å². The first-order valence-electron chi connectivity index (χ1n) is 21.2. The van der Waals surface area contributed by atoms with Gasteiger partial charge in [0.2, 0.25) is 0 Å². The van der Waals surface area contributed by atoms with Crippen LogP contribution in [0.1, 0.15) is 209 Å². The predicted octanol–water partition coefficient (Wildman–Crippen LogP) is 9.61. The molecule has 0 aromatic carbocycles. The van der Waals surface area contributed by atoms with E-state index in [-0.39, 0.29) is 12.8 Å². The van der Waals surface area contributed by atoms with E-state index in [1.54, 1.807) is 0 Å². The molecule has 0 unspecified atom stereocenters. The molecule has 0 aliphatic rings. The van der Waals surface area contributed by atoms with E-state index in [0.29, 0.717) is 12.8 Å². The van der Waals surface area contributed by atoms with Crippen molar-refractivity contribution in [3.63, 3.8) is 0 Å². The molecule has 0 saturated heterocycles. The zero-order chi connectivity index (χ0) is 36.8. The molecule has 0 radical (unpaired) electrons. The molecule has 0 aliphatic heterocycles. The molecule has 6 nitrogen and oxygen atoms in total. The average Bonchev–Trinajstić information content (AvgIpc) is 3.08. The van der Waals surface area contributed by atoms with Crippen molar-refractivity contribution >= 4 is 11.9 Å². The van der Waals surface area contributed by atoms with E-state index in [2.05, 4.69) is 55.4 Å². The quantitative estimate of drug-likeness (QED) is 0.0509. The summed E-state index contributed by atoms with van der Waals surface area (Å²) in [6.45, 7) is 30.0. The van der Waals surface area contributed by atoms with E-state index in [0.717, 1.165) is 25.7 Å². The highest BCUT2D eigenvalue weighted by Crippen LogP contribution is 2.18. The van der Waals surface area contributed by atoms with Gasteiger partial charge in [0.25, 0.3) is 0 Å². The lowest BCUT2D eigenvalue weighted by molar-refractivity contribution is -0.929. The smallest absolute Gasteiger partial charge is 0.0786 e. The molecule has 0 aliphatic carbocycles. The van der Waals surface area contributed by atoms with Gasteiger partial charge in [-0.3, -0.25) is 0 Å². The third kappa shape index (κ3) is 34.7. The molecule has 0 aromatic rings. The van der Waals surface area contributed by atoms with Crippen LogP contribution in [0.25, 0.3) is 0 Å². The van der Waals surface area contributed by atoms with Crippen LogP contribution in [0.4, 0.5) is 0 Å². The fraction of sp³-hybridized carbons (Fsp3) is 0.952. The molecule has 0 fully saturated rings. The Morgan fingerprint density at radius 1 is 0.312 bits per heavy atom. The van der Waals surface area contributed by atoms with E-state index in [1.165, 1.54) is 164 Å². The fourth-order valence-corrected chi connectivity index (χ4v) is 6.54. The summed E-state index contributed by atoms with van der Waals surface area (Å²) in [5, 5.41) is 20.1. The second-order valence-electron chi connectivity index (χ2n) is 14.7. The molecule has 0 atom stereocenters. The van der Waals surface area contributed by atoms with Crippen LogP contribution in [0, 0.1) is 0 Å². The van der Waals surface area contributed by atoms with Crippen LogP contribution in [0.2, 0.25) is 0 Å². The normalized spacial score (nSPS) is 11.4. The summed E-state index contributed by atoms with van der Waals surface area (Å²) < 4.78 is 2.84. The van der Waals surface area contributed by atoms with Crippen LogP contribution in [0.3, 0.4) is 0 Å². The Labute approximate surface area is 302 Å². The third-order valence-electron chi connectivity index (χ3n) is 9.90. The molecule has 0 heterocycles. The number of unbranched alkanes of at least 4 members (excludes halogenated alkanes) is 13. The Morgan fingerprint density at radius 2 is 0.479 bits per heavy atom. The van der Waals surface area contributed by atoms with Gasteiger partial charge in [-0.1, -0.05) is 132 Å². The van der Waals surface area contributed by atoms with Gasteiger partial charge in [-0.15, -0.1) is 0 Å². The van der Waals surface area contributed by atoms with Crippen molar-refractivity contribution < 1.29 is 28.8 Å². The Bertz CT molecular complexity index is 539. The van der Waals surface area contributed by atoms with Crippen LogP contribution in [0.15, 0.2) is 0 Å². The van der Waals surface area contributed by atoms with Gasteiger partial charge in [0.05, 0.1) is 52.4 Å². The zero-order valence-corrected chi connectivity index (χ0v) is 34.2. The number of carboxylic acid groups (broad SMARTS) is 2. The van der Waals surface area contributed by atoms with Crippen molar-refractivity contribution in [1.82, 2.24) is 0 Å². The maximum atomic E-state index is 10.0. The first kappa shape index (κ1) is 51.2. The van der Waals surface area contributed by atoms with Gasteiger partial charge in [-0.25, -0.2) is 0 Å². The van der Waals surface area contributed by atoms with E-state index in [9.17, 15) is 19.8 Å². The fourth-order valence-electron chi connectivity index (χ4n) is 6.54. The van der Waals surface area contributed by atoms with Crippen molar-refractivity contribution in [1.29, 1.82) is 0 Å². The van der Waals surface area contributed by atoms with E-state index in [4.69, 9.17) is 0 Å². The van der Waals surface area contributed by atoms with Gasteiger partial charge in [0.15, 0.2) is 0 Å². The van der Waals surface area contributed by atoms with Crippen molar-refractivity contribution in [3.8, 4) is 0 Å². The SMILES string of the molecule is CCCC[N+](CCCC)(CCCC)CCCC.CCCC[N+](CCCC)(CCCC)CCCC.O=C([O-])CCCCCCCCC(=O)[O-]. The van der Waals surface area contributed by atoms with Crippen LogP contribution >= 0.6 is 0 Å². The number of rotatable bonds is 33. The Hall–Kier alpha value is -1.14. The lowest BCUT2D eigenvalue weighted by Crippen LogP contribution is -2.50. The molecule has 0 saturated carbocycles. The van der Waals surface area contributed by atoms with Gasteiger partial charge in [0, 0.05) is 11.9 Å². The Morgan fingerprint density at radius 3 is 0.625 bits per heavy atom. The number of carboxylic acids is 2. The molecule has 6 heteroatoms. The maximum absolute atomic E-state index is 10.0. The Balaban J connectivity index is -0.000000637. The summed E-state index contributed by atoms with van der Waals surface area (Å²) in [5.74, 6) is -2.00. The number of quaternary nitrogens is 2. The molecule has 0 amide bonds. The molecular weight excluding hydrogens is 596 g/mol. The van der Waals surface area contributed by atoms with Gasteiger partial charge in [-0.2, -0.15) is 0 Å². The molecular formula is C42H88N2O4. The lowest BCUT2D eigenvalue weighted by atomic mass is 10.1. The second kappa shape index (κ2) is 38.7. The molecule has 0 N–H and O–H groups in total. The highest BCUT2D eigenvalue weighted by molar-refractivity contribution is 5.64. The topological polar surface area (TPSA) is 80.3 Å². The average molecular weight is 685 g/mol. The highest BCUT2D eigenvalue weighted by Gasteiger charge is 2.25. The summed E-state index contributed by atoms with van der Waals surface area (Å²) in [6.07, 6.45) is 27.3. The van der Waals surface area contributed by atoms with Crippen LogP contribution < -0.4 is 10.2 Å². The summed E-state index contributed by atoms with van der Waals surface area (Å²) in [6, 6.07) is 0. The number of aliphatic carboxylic acids is 2. The van der Waals surface area contributed by atoms with Gasteiger partial charge >= 0.3 is 0 Å². The van der Waals surface area contributed by atoms with E-state index in [1.807, 2.05) is 0 Å². The van der Waals surface area contributed by atoms with E-state index >= 15 is 0 Å². The molecule has 48 heavy (non-hydrogen) atoms. The minimum Gasteiger partial charge on any atom is -0.550 e. The molecule has 0 spiro atoms. The highest BCUT2D eigenvalue weighted by atomic mass is 16.4. The number of carbonyl (C=O) groups is 2. The first-order chi connectivity index (χ1) is 23.1. The van der Waals surface area contributed by atoms with Crippen molar-refractivity contribution in [3.05, 3.63) is 0 Å². The summed E-state index contributed by atoms with van der Waals surface area (Å²) >= 11 is 0. The molecule has 0 aromatic heterocycles. The van der Waals surface area contributed by atoms with E-state index < -0.39 is 11.9 Å².